The van der Waals surface area contributed by atoms with Crippen LogP contribution in [0.1, 0.15) is 30.2 Å². The maximum absolute atomic E-state index is 4.63. The van der Waals surface area contributed by atoms with E-state index >= 15 is 0 Å². The summed E-state index contributed by atoms with van der Waals surface area (Å²) in [6.07, 6.45) is 3.05. The summed E-state index contributed by atoms with van der Waals surface area (Å²) in [4.78, 5) is 11.1. The summed E-state index contributed by atoms with van der Waals surface area (Å²) >= 11 is 0. The molecule has 0 amide bonds. The normalized spacial score (nSPS) is 10.7. The molecule has 1 aromatic carbocycles. The SMILES string of the molecule is CCCNCc1cnc(N(C)c2ccc(C)cc2)nc1C. The lowest BCUT2D eigenvalue weighted by Crippen LogP contribution is -2.17. The number of aryl methyl sites for hydroxylation is 2. The van der Waals surface area contributed by atoms with Crippen molar-refractivity contribution < 1.29 is 0 Å². The van der Waals surface area contributed by atoms with E-state index in [2.05, 4.69) is 53.4 Å². The van der Waals surface area contributed by atoms with Crippen molar-refractivity contribution in [3.05, 3.63) is 47.3 Å². The Balaban J connectivity index is 2.13. The molecule has 2 aromatic rings. The fourth-order valence-electron chi connectivity index (χ4n) is 2.10. The van der Waals surface area contributed by atoms with Gasteiger partial charge in [0, 0.05) is 36.7 Å². The van der Waals surface area contributed by atoms with Crippen LogP contribution in [0.25, 0.3) is 0 Å². The number of hydrogen-bond donors (Lipinski definition) is 1. The zero-order chi connectivity index (χ0) is 15.2. The predicted octanol–water partition coefficient (Wildman–Crippen LogP) is 3.36. The van der Waals surface area contributed by atoms with E-state index in [0.29, 0.717) is 0 Å². The van der Waals surface area contributed by atoms with Crippen LogP contribution < -0.4 is 10.2 Å². The second-order valence-corrected chi connectivity index (χ2v) is 5.35. The average molecular weight is 284 g/mol. The van der Waals surface area contributed by atoms with Crippen molar-refractivity contribution in [1.29, 1.82) is 0 Å². The first kappa shape index (κ1) is 15.4. The topological polar surface area (TPSA) is 41.1 Å². The van der Waals surface area contributed by atoms with Crippen molar-refractivity contribution in [1.82, 2.24) is 15.3 Å². The molecule has 0 radical (unpaired) electrons. The minimum Gasteiger partial charge on any atom is -0.314 e. The quantitative estimate of drug-likeness (QED) is 0.826. The molecular formula is C17H24N4. The number of rotatable bonds is 6. The van der Waals surface area contributed by atoms with Crippen LogP contribution in [-0.2, 0) is 6.54 Å². The Bertz CT molecular complexity index is 578. The fraction of sp³-hybridized carbons (Fsp3) is 0.412. The number of nitrogens with one attached hydrogen (secondary N) is 1. The molecule has 21 heavy (non-hydrogen) atoms. The maximum atomic E-state index is 4.63. The molecule has 0 saturated carbocycles. The highest BCUT2D eigenvalue weighted by atomic mass is 15.2. The summed E-state index contributed by atoms with van der Waals surface area (Å²) < 4.78 is 0. The van der Waals surface area contributed by atoms with E-state index < -0.39 is 0 Å². The fourth-order valence-corrected chi connectivity index (χ4v) is 2.10. The van der Waals surface area contributed by atoms with Crippen LogP contribution in [-0.4, -0.2) is 23.6 Å². The van der Waals surface area contributed by atoms with Crippen molar-refractivity contribution in [2.75, 3.05) is 18.5 Å². The molecule has 0 saturated heterocycles. The monoisotopic (exact) mass is 284 g/mol. The van der Waals surface area contributed by atoms with E-state index in [1.165, 1.54) is 5.56 Å². The number of aromatic nitrogens is 2. The van der Waals surface area contributed by atoms with Gasteiger partial charge in [-0.2, -0.15) is 0 Å². The molecule has 4 nitrogen and oxygen atoms in total. The molecule has 0 aliphatic carbocycles. The number of nitrogens with zero attached hydrogens (tertiary/aromatic N) is 3. The van der Waals surface area contributed by atoms with Crippen LogP contribution in [0.5, 0.6) is 0 Å². The lowest BCUT2D eigenvalue weighted by atomic mass is 10.2. The number of hydrogen-bond acceptors (Lipinski definition) is 4. The largest absolute Gasteiger partial charge is 0.314 e. The zero-order valence-corrected chi connectivity index (χ0v) is 13.3. The highest BCUT2D eigenvalue weighted by molar-refractivity contribution is 5.56. The Labute approximate surface area is 127 Å². The van der Waals surface area contributed by atoms with Crippen LogP contribution in [0.4, 0.5) is 11.6 Å². The van der Waals surface area contributed by atoms with E-state index in [-0.39, 0.29) is 0 Å². The summed E-state index contributed by atoms with van der Waals surface area (Å²) in [6, 6.07) is 8.37. The zero-order valence-electron chi connectivity index (χ0n) is 13.3. The van der Waals surface area contributed by atoms with Crippen LogP contribution >= 0.6 is 0 Å². The summed E-state index contributed by atoms with van der Waals surface area (Å²) in [7, 11) is 1.99. The Morgan fingerprint density at radius 2 is 1.86 bits per heavy atom. The molecule has 2 rings (SSSR count). The molecule has 1 aromatic heterocycles. The van der Waals surface area contributed by atoms with Gasteiger partial charge in [0.15, 0.2) is 0 Å². The standard InChI is InChI=1S/C17H24N4/c1-5-10-18-11-15-12-19-17(20-14(15)3)21(4)16-8-6-13(2)7-9-16/h6-9,12,18H,5,10-11H2,1-4H3. The van der Waals surface area contributed by atoms with Gasteiger partial charge in [0.2, 0.25) is 5.95 Å². The smallest absolute Gasteiger partial charge is 0.229 e. The number of benzene rings is 1. The van der Waals surface area contributed by atoms with Gasteiger partial charge in [-0.15, -0.1) is 0 Å². The molecule has 0 unspecified atom stereocenters. The van der Waals surface area contributed by atoms with Crippen molar-refractivity contribution in [3.8, 4) is 0 Å². The van der Waals surface area contributed by atoms with Gasteiger partial charge in [0.1, 0.15) is 0 Å². The third-order valence-corrected chi connectivity index (χ3v) is 3.53. The molecule has 0 atom stereocenters. The van der Waals surface area contributed by atoms with Gasteiger partial charge in [-0.05, 0) is 38.9 Å². The van der Waals surface area contributed by atoms with Gasteiger partial charge >= 0.3 is 0 Å². The lowest BCUT2D eigenvalue weighted by molar-refractivity contribution is 0.668. The van der Waals surface area contributed by atoms with Crippen LogP contribution in [0, 0.1) is 13.8 Å². The highest BCUT2D eigenvalue weighted by Gasteiger charge is 2.09. The second-order valence-electron chi connectivity index (χ2n) is 5.35. The first-order valence-corrected chi connectivity index (χ1v) is 7.45. The molecule has 0 bridgehead atoms. The van der Waals surface area contributed by atoms with Crippen molar-refractivity contribution in [3.63, 3.8) is 0 Å². The van der Waals surface area contributed by atoms with Gasteiger partial charge < -0.3 is 10.2 Å². The molecular weight excluding hydrogens is 260 g/mol. The molecule has 1 heterocycles. The predicted molar refractivity (Wildman–Crippen MR) is 88.0 cm³/mol. The average Bonchev–Trinajstić information content (AvgIpc) is 2.49. The molecule has 0 fully saturated rings. The minimum absolute atomic E-state index is 0.732. The third kappa shape index (κ3) is 4.02. The second kappa shape index (κ2) is 7.18. The molecule has 112 valence electrons. The molecule has 0 aliphatic rings. The molecule has 0 spiro atoms. The van der Waals surface area contributed by atoms with Crippen LogP contribution in [0.2, 0.25) is 0 Å². The van der Waals surface area contributed by atoms with Gasteiger partial charge in [-0.3, -0.25) is 0 Å². The van der Waals surface area contributed by atoms with E-state index in [1.807, 2.05) is 25.1 Å². The first-order valence-electron chi connectivity index (χ1n) is 7.45. The van der Waals surface area contributed by atoms with Crippen molar-refractivity contribution in [2.24, 2.45) is 0 Å². The highest BCUT2D eigenvalue weighted by Crippen LogP contribution is 2.21. The third-order valence-electron chi connectivity index (χ3n) is 3.53. The van der Waals surface area contributed by atoms with Crippen LogP contribution in [0.3, 0.4) is 0 Å². The van der Waals surface area contributed by atoms with E-state index in [1.54, 1.807) is 0 Å². The van der Waals surface area contributed by atoms with Gasteiger partial charge in [-0.25, -0.2) is 9.97 Å². The van der Waals surface area contributed by atoms with Gasteiger partial charge in [0.25, 0.3) is 0 Å². The van der Waals surface area contributed by atoms with E-state index in [4.69, 9.17) is 0 Å². The summed E-state index contributed by atoms with van der Waals surface area (Å²) in [5.74, 6) is 0.732. The van der Waals surface area contributed by atoms with Crippen molar-refractivity contribution in [2.45, 2.75) is 33.7 Å². The number of anilines is 2. The summed E-state index contributed by atoms with van der Waals surface area (Å²) in [5, 5.41) is 3.39. The Kier molecular flexibility index (Phi) is 5.28. The Hall–Kier alpha value is -1.94. The maximum Gasteiger partial charge on any atom is 0.229 e. The van der Waals surface area contributed by atoms with E-state index in [0.717, 1.165) is 42.4 Å². The van der Waals surface area contributed by atoms with Gasteiger partial charge in [0.05, 0.1) is 0 Å². The van der Waals surface area contributed by atoms with Crippen molar-refractivity contribution >= 4 is 11.6 Å². The van der Waals surface area contributed by atoms with Crippen LogP contribution in [0.15, 0.2) is 30.5 Å². The first-order chi connectivity index (χ1) is 10.1. The summed E-state index contributed by atoms with van der Waals surface area (Å²) in [6.45, 7) is 8.13. The molecule has 4 heteroatoms. The Morgan fingerprint density at radius 1 is 1.14 bits per heavy atom. The van der Waals surface area contributed by atoms with Gasteiger partial charge in [-0.1, -0.05) is 24.6 Å². The van der Waals surface area contributed by atoms with E-state index in [9.17, 15) is 0 Å². The summed E-state index contributed by atoms with van der Waals surface area (Å²) in [5.41, 5.74) is 4.53. The Morgan fingerprint density at radius 3 is 2.48 bits per heavy atom. The minimum atomic E-state index is 0.732. The molecule has 1 N–H and O–H groups in total. The lowest BCUT2D eigenvalue weighted by Gasteiger charge is -2.18. The molecule has 0 aliphatic heterocycles.